The molecule has 1 rings (SSSR count). The molecule has 114 valence electrons. The van der Waals surface area contributed by atoms with Gasteiger partial charge >= 0.3 is 6.03 Å². The molecule has 0 aliphatic rings. The zero-order chi connectivity index (χ0) is 15.0. The molecule has 20 heavy (non-hydrogen) atoms. The monoisotopic (exact) mass is 299 g/mol. The highest BCUT2D eigenvalue weighted by Crippen LogP contribution is 2.11. The van der Waals surface area contributed by atoms with Crippen molar-refractivity contribution in [3.8, 4) is 0 Å². The largest absolute Gasteiger partial charge is 0.394 e. The summed E-state index contributed by atoms with van der Waals surface area (Å²) < 4.78 is 0. The normalized spacial score (nSPS) is 13.8. The highest BCUT2D eigenvalue weighted by molar-refractivity contribution is 7.09. The SMILES string of the molecule is CCCC(C)(CO)NC(=O)NCCCc1nc(C)cs1. The van der Waals surface area contributed by atoms with E-state index in [9.17, 15) is 9.90 Å². The van der Waals surface area contributed by atoms with Crippen LogP contribution in [0.5, 0.6) is 0 Å². The van der Waals surface area contributed by atoms with Crippen molar-refractivity contribution < 1.29 is 9.90 Å². The van der Waals surface area contributed by atoms with Crippen molar-refractivity contribution in [1.29, 1.82) is 0 Å². The minimum atomic E-state index is -0.536. The van der Waals surface area contributed by atoms with Gasteiger partial charge in [0.1, 0.15) is 0 Å². The molecule has 0 radical (unpaired) electrons. The molecule has 3 N–H and O–H groups in total. The van der Waals surface area contributed by atoms with Crippen LogP contribution in [0.3, 0.4) is 0 Å². The fourth-order valence-electron chi connectivity index (χ4n) is 2.01. The van der Waals surface area contributed by atoms with Crippen molar-refractivity contribution in [2.24, 2.45) is 0 Å². The summed E-state index contributed by atoms with van der Waals surface area (Å²) in [6.45, 7) is 6.43. The molecular weight excluding hydrogens is 274 g/mol. The van der Waals surface area contributed by atoms with Gasteiger partial charge in [-0.2, -0.15) is 0 Å². The lowest BCUT2D eigenvalue weighted by atomic mass is 9.98. The third-order valence-corrected chi connectivity index (χ3v) is 4.11. The number of hydrogen-bond donors (Lipinski definition) is 3. The molecule has 1 aromatic rings. The summed E-state index contributed by atoms with van der Waals surface area (Å²) >= 11 is 1.66. The number of aromatic nitrogens is 1. The molecule has 1 atom stereocenters. The van der Waals surface area contributed by atoms with Crippen LogP contribution in [0.4, 0.5) is 4.79 Å². The Balaban J connectivity index is 2.22. The van der Waals surface area contributed by atoms with Crippen LogP contribution in [0.25, 0.3) is 0 Å². The van der Waals surface area contributed by atoms with Crippen molar-refractivity contribution in [2.75, 3.05) is 13.2 Å². The lowest BCUT2D eigenvalue weighted by molar-refractivity contribution is 0.163. The molecule has 0 bridgehead atoms. The topological polar surface area (TPSA) is 74.2 Å². The molecule has 0 aliphatic carbocycles. The fraction of sp³-hybridized carbons (Fsp3) is 0.714. The molecule has 2 amide bonds. The summed E-state index contributed by atoms with van der Waals surface area (Å²) in [7, 11) is 0. The molecule has 1 aromatic heterocycles. The Bertz CT molecular complexity index is 422. The van der Waals surface area contributed by atoms with Crippen molar-refractivity contribution >= 4 is 17.4 Å². The molecule has 5 nitrogen and oxygen atoms in total. The van der Waals surface area contributed by atoms with Gasteiger partial charge in [0.15, 0.2) is 0 Å². The van der Waals surface area contributed by atoms with Crippen molar-refractivity contribution in [3.05, 3.63) is 16.1 Å². The number of amides is 2. The number of aliphatic hydroxyl groups excluding tert-OH is 1. The maximum Gasteiger partial charge on any atom is 0.315 e. The number of rotatable bonds is 8. The van der Waals surface area contributed by atoms with E-state index in [0.29, 0.717) is 6.54 Å². The summed E-state index contributed by atoms with van der Waals surface area (Å²) in [6.07, 6.45) is 3.42. The number of aliphatic hydroxyl groups is 1. The standard InChI is InChI=1S/C14H25N3O2S/c1-4-7-14(3,10-18)17-13(19)15-8-5-6-12-16-11(2)9-20-12/h9,18H,4-8,10H2,1-3H3,(H2,15,17,19). The van der Waals surface area contributed by atoms with E-state index >= 15 is 0 Å². The van der Waals surface area contributed by atoms with E-state index in [1.54, 1.807) is 11.3 Å². The van der Waals surface area contributed by atoms with Gasteiger partial charge in [0.25, 0.3) is 0 Å². The average Bonchev–Trinajstić information content (AvgIpc) is 2.81. The number of aryl methyl sites for hydroxylation is 2. The zero-order valence-electron chi connectivity index (χ0n) is 12.5. The predicted molar refractivity (Wildman–Crippen MR) is 82.1 cm³/mol. The van der Waals surface area contributed by atoms with Crippen LogP contribution in [-0.2, 0) is 6.42 Å². The Morgan fingerprint density at radius 2 is 2.30 bits per heavy atom. The first kappa shape index (κ1) is 16.9. The summed E-state index contributed by atoms with van der Waals surface area (Å²) in [5.74, 6) is 0. The highest BCUT2D eigenvalue weighted by atomic mass is 32.1. The fourth-order valence-corrected chi connectivity index (χ4v) is 2.83. The van der Waals surface area contributed by atoms with Crippen LogP contribution in [0.15, 0.2) is 5.38 Å². The number of nitrogens with one attached hydrogen (secondary N) is 2. The minimum Gasteiger partial charge on any atom is -0.394 e. The molecule has 0 aromatic carbocycles. The first-order chi connectivity index (χ1) is 9.49. The molecule has 1 unspecified atom stereocenters. The van der Waals surface area contributed by atoms with E-state index < -0.39 is 5.54 Å². The molecule has 1 heterocycles. The van der Waals surface area contributed by atoms with Crippen molar-refractivity contribution in [1.82, 2.24) is 15.6 Å². The van der Waals surface area contributed by atoms with Gasteiger partial charge in [0.05, 0.1) is 17.2 Å². The quantitative estimate of drug-likeness (QED) is 0.644. The van der Waals surface area contributed by atoms with Crippen LogP contribution in [0, 0.1) is 6.92 Å². The van der Waals surface area contributed by atoms with Crippen LogP contribution >= 0.6 is 11.3 Å². The van der Waals surface area contributed by atoms with E-state index in [4.69, 9.17) is 0 Å². The number of carbonyl (C=O) groups excluding carboxylic acids is 1. The molecule has 6 heteroatoms. The van der Waals surface area contributed by atoms with E-state index in [1.165, 1.54) is 0 Å². The summed E-state index contributed by atoms with van der Waals surface area (Å²) in [6, 6.07) is -0.217. The predicted octanol–water partition coefficient (Wildman–Crippen LogP) is 2.23. The molecule has 0 spiro atoms. The van der Waals surface area contributed by atoms with Gasteiger partial charge in [-0.1, -0.05) is 13.3 Å². The van der Waals surface area contributed by atoms with Crippen LogP contribution in [-0.4, -0.2) is 34.8 Å². The molecule has 0 saturated carbocycles. The molecular formula is C14H25N3O2S. The van der Waals surface area contributed by atoms with Gasteiger partial charge in [0, 0.05) is 24.0 Å². The van der Waals surface area contributed by atoms with E-state index in [-0.39, 0.29) is 12.6 Å². The number of hydrogen-bond acceptors (Lipinski definition) is 4. The lowest BCUT2D eigenvalue weighted by Crippen LogP contribution is -2.52. The number of carbonyl (C=O) groups is 1. The van der Waals surface area contributed by atoms with E-state index in [2.05, 4.69) is 15.6 Å². The summed E-state index contributed by atoms with van der Waals surface area (Å²) in [5.41, 5.74) is 0.514. The molecule has 0 saturated heterocycles. The van der Waals surface area contributed by atoms with Crippen LogP contribution in [0.2, 0.25) is 0 Å². The van der Waals surface area contributed by atoms with Gasteiger partial charge in [-0.25, -0.2) is 9.78 Å². The lowest BCUT2D eigenvalue weighted by Gasteiger charge is -2.28. The van der Waals surface area contributed by atoms with Crippen LogP contribution < -0.4 is 10.6 Å². The second-order valence-electron chi connectivity index (χ2n) is 5.34. The first-order valence-corrected chi connectivity index (χ1v) is 7.95. The van der Waals surface area contributed by atoms with Crippen LogP contribution in [0.1, 0.15) is 43.8 Å². The van der Waals surface area contributed by atoms with E-state index in [0.717, 1.165) is 36.4 Å². The average molecular weight is 299 g/mol. The maximum absolute atomic E-state index is 11.8. The van der Waals surface area contributed by atoms with Gasteiger partial charge in [-0.05, 0) is 26.7 Å². The second-order valence-corrected chi connectivity index (χ2v) is 6.28. The van der Waals surface area contributed by atoms with Gasteiger partial charge < -0.3 is 15.7 Å². The molecule has 0 aliphatic heterocycles. The Morgan fingerprint density at radius 1 is 1.55 bits per heavy atom. The minimum absolute atomic E-state index is 0.0490. The van der Waals surface area contributed by atoms with Gasteiger partial charge in [-0.3, -0.25) is 0 Å². The summed E-state index contributed by atoms with van der Waals surface area (Å²) in [5, 5.41) is 18.1. The third-order valence-electron chi connectivity index (χ3n) is 3.09. The maximum atomic E-state index is 11.8. The summed E-state index contributed by atoms with van der Waals surface area (Å²) in [4.78, 5) is 16.1. The number of thiazole rings is 1. The molecule has 0 fully saturated rings. The first-order valence-electron chi connectivity index (χ1n) is 7.07. The Morgan fingerprint density at radius 3 is 2.85 bits per heavy atom. The highest BCUT2D eigenvalue weighted by Gasteiger charge is 2.24. The Labute approximate surface area is 124 Å². The zero-order valence-corrected chi connectivity index (χ0v) is 13.3. The van der Waals surface area contributed by atoms with E-state index in [1.807, 2.05) is 26.2 Å². The van der Waals surface area contributed by atoms with Gasteiger partial charge in [-0.15, -0.1) is 11.3 Å². The number of nitrogens with zero attached hydrogens (tertiary/aromatic N) is 1. The Kier molecular flexibility index (Phi) is 6.95. The van der Waals surface area contributed by atoms with Gasteiger partial charge in [0.2, 0.25) is 0 Å². The Hall–Kier alpha value is -1.14. The number of urea groups is 1. The van der Waals surface area contributed by atoms with Crippen molar-refractivity contribution in [3.63, 3.8) is 0 Å². The smallest absolute Gasteiger partial charge is 0.315 e. The third kappa shape index (κ3) is 5.88. The van der Waals surface area contributed by atoms with Crippen molar-refractivity contribution in [2.45, 2.75) is 52.0 Å². The second kappa shape index (κ2) is 8.21.